The Balaban J connectivity index is 1.63. The van der Waals surface area contributed by atoms with Gasteiger partial charge in [-0.05, 0) is 30.2 Å². The lowest BCUT2D eigenvalue weighted by Gasteiger charge is -2.07. The number of benzene rings is 3. The lowest BCUT2D eigenvalue weighted by atomic mass is 10.1. The Kier molecular flexibility index (Phi) is 6.34. The molecule has 162 valence electrons. The molecule has 6 nitrogen and oxygen atoms in total. The van der Waals surface area contributed by atoms with Gasteiger partial charge in [-0.2, -0.15) is 0 Å². The average molecular weight is 465 g/mol. The number of esters is 1. The molecular weight excluding hydrogens is 444 g/mol. The molecule has 0 atom stereocenters. The molecule has 4 aromatic rings. The van der Waals surface area contributed by atoms with E-state index < -0.39 is 16.0 Å². The molecule has 0 aliphatic heterocycles. The first kappa shape index (κ1) is 21.7. The highest BCUT2D eigenvalue weighted by atomic mass is 32.2. The number of nitrogens with one attached hydrogen (secondary N) is 1. The first-order valence-electron chi connectivity index (χ1n) is 9.89. The monoisotopic (exact) mass is 464 g/mol. The summed E-state index contributed by atoms with van der Waals surface area (Å²) in [6.07, 6.45) is 0. The summed E-state index contributed by atoms with van der Waals surface area (Å²) in [7, 11) is -3.89. The summed E-state index contributed by atoms with van der Waals surface area (Å²) in [6, 6.07) is 25.4. The minimum absolute atomic E-state index is 0.0963. The molecule has 1 heterocycles. The van der Waals surface area contributed by atoms with Crippen LogP contribution in [0.2, 0.25) is 0 Å². The second-order valence-electron chi connectivity index (χ2n) is 6.78. The van der Waals surface area contributed by atoms with Gasteiger partial charge in [0.1, 0.15) is 4.88 Å². The van der Waals surface area contributed by atoms with Crippen LogP contribution >= 0.6 is 11.3 Å². The fraction of sp³-hybridized carbons (Fsp3) is 0.0833. The third-order valence-corrected chi connectivity index (χ3v) is 7.06. The smallest absolute Gasteiger partial charge is 0.350 e. The van der Waals surface area contributed by atoms with Gasteiger partial charge in [-0.1, -0.05) is 84.1 Å². The molecule has 0 bridgehead atoms. The van der Waals surface area contributed by atoms with Crippen LogP contribution in [-0.4, -0.2) is 26.0 Å². The Morgan fingerprint density at radius 3 is 2.03 bits per heavy atom. The molecule has 0 unspecified atom stereocenters. The zero-order chi connectivity index (χ0) is 22.6. The third kappa shape index (κ3) is 4.71. The van der Waals surface area contributed by atoms with Crippen LogP contribution < -0.4 is 4.72 Å². The third-order valence-electron chi connectivity index (χ3n) is 4.63. The Bertz CT molecular complexity index is 1320. The number of thiazole rings is 1. The lowest BCUT2D eigenvalue weighted by molar-refractivity contribution is 0.0532. The van der Waals surface area contributed by atoms with E-state index in [1.807, 2.05) is 48.5 Å². The van der Waals surface area contributed by atoms with E-state index in [4.69, 9.17) is 4.74 Å². The molecule has 0 radical (unpaired) electrons. The zero-order valence-corrected chi connectivity index (χ0v) is 18.8. The summed E-state index contributed by atoms with van der Waals surface area (Å²) in [5.74, 6) is -0.540. The Morgan fingerprint density at radius 2 is 1.44 bits per heavy atom. The van der Waals surface area contributed by atoms with Crippen molar-refractivity contribution in [1.29, 1.82) is 0 Å². The number of carbonyl (C=O) groups excluding carboxylic acids is 1. The minimum Gasteiger partial charge on any atom is -0.462 e. The van der Waals surface area contributed by atoms with Gasteiger partial charge in [0.15, 0.2) is 5.13 Å². The van der Waals surface area contributed by atoms with Crippen molar-refractivity contribution < 1.29 is 17.9 Å². The van der Waals surface area contributed by atoms with Crippen molar-refractivity contribution in [3.8, 4) is 22.4 Å². The number of anilines is 1. The van der Waals surface area contributed by atoms with Crippen LogP contribution in [0.15, 0.2) is 89.8 Å². The summed E-state index contributed by atoms with van der Waals surface area (Å²) >= 11 is 0.948. The standard InChI is InChI=1S/C24H20N2O4S2/c1-2-30-23(27)22-21(19-11-7-4-8-12-19)25-24(31-22)26-32(28,29)20-15-13-18(14-16-20)17-9-5-3-6-10-17/h3-16H,2H2,1H3,(H,25,26). The fourth-order valence-corrected chi connectivity index (χ4v) is 5.24. The summed E-state index contributed by atoms with van der Waals surface area (Å²) in [4.78, 5) is 17.2. The number of carbonyl (C=O) groups is 1. The number of aromatic nitrogens is 1. The molecular formula is C24H20N2O4S2. The van der Waals surface area contributed by atoms with E-state index in [0.717, 1.165) is 22.5 Å². The Morgan fingerprint density at radius 1 is 0.875 bits per heavy atom. The largest absolute Gasteiger partial charge is 0.462 e. The van der Waals surface area contributed by atoms with Gasteiger partial charge in [-0.15, -0.1) is 0 Å². The summed E-state index contributed by atoms with van der Waals surface area (Å²) in [5.41, 5.74) is 2.99. The molecule has 0 saturated carbocycles. The first-order valence-corrected chi connectivity index (χ1v) is 12.2. The second kappa shape index (κ2) is 9.33. The fourth-order valence-electron chi connectivity index (χ4n) is 3.12. The van der Waals surface area contributed by atoms with Gasteiger partial charge in [-0.3, -0.25) is 4.72 Å². The zero-order valence-electron chi connectivity index (χ0n) is 17.2. The second-order valence-corrected chi connectivity index (χ2v) is 9.46. The normalized spacial score (nSPS) is 11.2. The van der Waals surface area contributed by atoms with Crippen molar-refractivity contribution in [2.24, 2.45) is 0 Å². The molecule has 0 amide bonds. The summed E-state index contributed by atoms with van der Waals surface area (Å²) in [6.45, 7) is 1.92. The van der Waals surface area contributed by atoms with Crippen molar-refractivity contribution in [2.75, 3.05) is 11.3 Å². The molecule has 1 N–H and O–H groups in total. The van der Waals surface area contributed by atoms with E-state index in [9.17, 15) is 13.2 Å². The van der Waals surface area contributed by atoms with Crippen LogP contribution in [0.3, 0.4) is 0 Å². The van der Waals surface area contributed by atoms with Crippen molar-refractivity contribution in [3.63, 3.8) is 0 Å². The van der Waals surface area contributed by atoms with Gasteiger partial charge in [0, 0.05) is 5.56 Å². The molecule has 0 spiro atoms. The highest BCUT2D eigenvalue weighted by Crippen LogP contribution is 2.33. The highest BCUT2D eigenvalue weighted by molar-refractivity contribution is 7.93. The maximum atomic E-state index is 12.9. The van der Waals surface area contributed by atoms with E-state index in [2.05, 4.69) is 9.71 Å². The first-order chi connectivity index (χ1) is 15.5. The van der Waals surface area contributed by atoms with Crippen LogP contribution in [0.25, 0.3) is 22.4 Å². The minimum atomic E-state index is -3.89. The number of nitrogens with zero attached hydrogens (tertiary/aromatic N) is 1. The van der Waals surface area contributed by atoms with E-state index in [-0.39, 0.29) is 21.5 Å². The molecule has 0 fully saturated rings. The van der Waals surface area contributed by atoms with Crippen LogP contribution in [0.5, 0.6) is 0 Å². The molecule has 0 saturated heterocycles. The van der Waals surface area contributed by atoms with Gasteiger partial charge in [0.05, 0.1) is 17.2 Å². The van der Waals surface area contributed by atoms with Crippen LogP contribution in [0.4, 0.5) is 5.13 Å². The SMILES string of the molecule is CCOC(=O)c1sc(NS(=O)(=O)c2ccc(-c3ccccc3)cc2)nc1-c1ccccc1. The number of ether oxygens (including phenoxy) is 1. The van der Waals surface area contributed by atoms with Gasteiger partial charge in [0.25, 0.3) is 10.0 Å². The van der Waals surface area contributed by atoms with E-state index in [1.165, 1.54) is 0 Å². The molecule has 4 rings (SSSR count). The van der Waals surface area contributed by atoms with Crippen molar-refractivity contribution >= 4 is 32.5 Å². The average Bonchev–Trinajstić information content (AvgIpc) is 3.24. The molecule has 0 aliphatic carbocycles. The van der Waals surface area contributed by atoms with Crippen molar-refractivity contribution in [3.05, 3.63) is 89.8 Å². The molecule has 1 aromatic heterocycles. The highest BCUT2D eigenvalue weighted by Gasteiger charge is 2.23. The predicted molar refractivity (Wildman–Crippen MR) is 126 cm³/mol. The number of sulfonamides is 1. The maximum Gasteiger partial charge on any atom is 0.350 e. The molecule has 3 aromatic carbocycles. The van der Waals surface area contributed by atoms with Crippen LogP contribution in [0.1, 0.15) is 16.6 Å². The van der Waals surface area contributed by atoms with E-state index in [0.29, 0.717) is 11.3 Å². The topological polar surface area (TPSA) is 85.4 Å². The van der Waals surface area contributed by atoms with Gasteiger partial charge >= 0.3 is 5.97 Å². The quantitative estimate of drug-likeness (QED) is 0.367. The number of rotatable bonds is 7. The van der Waals surface area contributed by atoms with Crippen molar-refractivity contribution in [1.82, 2.24) is 4.98 Å². The Labute approximate surface area is 190 Å². The van der Waals surface area contributed by atoms with E-state index >= 15 is 0 Å². The summed E-state index contributed by atoms with van der Waals surface area (Å²) in [5, 5.41) is 0.0963. The number of hydrogen-bond acceptors (Lipinski definition) is 6. The molecule has 0 aliphatic rings. The van der Waals surface area contributed by atoms with Crippen LogP contribution in [0, 0.1) is 0 Å². The maximum absolute atomic E-state index is 12.9. The molecule has 8 heteroatoms. The Hall–Kier alpha value is -3.49. The van der Waals surface area contributed by atoms with Gasteiger partial charge in [-0.25, -0.2) is 18.2 Å². The molecule has 32 heavy (non-hydrogen) atoms. The van der Waals surface area contributed by atoms with Crippen LogP contribution in [-0.2, 0) is 14.8 Å². The van der Waals surface area contributed by atoms with Gasteiger partial charge in [0.2, 0.25) is 0 Å². The lowest BCUT2D eigenvalue weighted by Crippen LogP contribution is -2.12. The summed E-state index contributed by atoms with van der Waals surface area (Å²) < 4.78 is 33.5. The predicted octanol–water partition coefficient (Wildman–Crippen LogP) is 5.45. The number of hydrogen-bond donors (Lipinski definition) is 1. The van der Waals surface area contributed by atoms with Gasteiger partial charge < -0.3 is 4.74 Å². The van der Waals surface area contributed by atoms with Crippen molar-refractivity contribution in [2.45, 2.75) is 11.8 Å². The van der Waals surface area contributed by atoms with E-state index in [1.54, 1.807) is 43.3 Å².